The number of likely N-dealkylation sites (N-methyl/N-ethyl adjacent to an activating group) is 1. The van der Waals surface area contributed by atoms with E-state index in [1.54, 1.807) is 7.05 Å². The molecule has 0 bridgehead atoms. The Morgan fingerprint density at radius 3 is 2.64 bits per heavy atom. The van der Waals surface area contributed by atoms with Crippen molar-refractivity contribution in [2.24, 2.45) is 0 Å². The molecule has 4 nitrogen and oxygen atoms in total. The van der Waals surface area contributed by atoms with Gasteiger partial charge in [0, 0.05) is 37.7 Å². The van der Waals surface area contributed by atoms with Gasteiger partial charge in [0.25, 0.3) is 0 Å². The van der Waals surface area contributed by atoms with Crippen LogP contribution in [0.5, 0.6) is 0 Å². The molecule has 0 aliphatic carbocycles. The van der Waals surface area contributed by atoms with Crippen LogP contribution in [0.25, 0.3) is 0 Å². The normalized spacial score (nSPS) is 20.6. The quantitative estimate of drug-likeness (QED) is 0.835. The molecule has 1 amide bonds. The molecular formula is C20H24ClN3O. The van der Waals surface area contributed by atoms with Gasteiger partial charge in [0.15, 0.2) is 0 Å². The highest BCUT2D eigenvalue weighted by Crippen LogP contribution is 2.22. The molecule has 1 saturated heterocycles. The number of likely N-dealkylation sites (tertiary alicyclic amines) is 1. The number of benzene rings is 2. The molecule has 0 unspecified atom stereocenters. The van der Waals surface area contributed by atoms with Gasteiger partial charge in [-0.2, -0.15) is 0 Å². The lowest BCUT2D eigenvalue weighted by atomic mass is 10.1. The highest BCUT2D eigenvalue weighted by Gasteiger charge is 2.35. The van der Waals surface area contributed by atoms with E-state index in [2.05, 4.69) is 33.7 Å². The summed E-state index contributed by atoms with van der Waals surface area (Å²) in [5.74, 6) is 0.0750. The van der Waals surface area contributed by atoms with Crippen molar-refractivity contribution in [1.82, 2.24) is 15.5 Å². The monoisotopic (exact) mass is 357 g/mol. The van der Waals surface area contributed by atoms with Gasteiger partial charge < -0.3 is 10.6 Å². The molecule has 0 aromatic heterocycles. The van der Waals surface area contributed by atoms with Crippen molar-refractivity contribution < 1.29 is 4.79 Å². The molecule has 2 N–H and O–H groups in total. The second kappa shape index (κ2) is 8.48. The maximum absolute atomic E-state index is 12.3. The average Bonchev–Trinajstić information content (AvgIpc) is 3.03. The maximum Gasteiger partial charge on any atom is 0.237 e. The number of nitrogens with one attached hydrogen (secondary N) is 2. The van der Waals surface area contributed by atoms with Crippen molar-refractivity contribution in [3.8, 4) is 0 Å². The highest BCUT2D eigenvalue weighted by atomic mass is 35.5. The van der Waals surface area contributed by atoms with Crippen LogP contribution in [0.4, 0.5) is 0 Å². The Bertz CT molecular complexity index is 707. The van der Waals surface area contributed by atoms with Crippen LogP contribution >= 0.6 is 11.6 Å². The molecule has 1 aliphatic heterocycles. The Morgan fingerprint density at radius 1 is 1.16 bits per heavy atom. The number of rotatable bonds is 6. The number of amides is 1. The highest BCUT2D eigenvalue weighted by molar-refractivity contribution is 6.30. The molecule has 3 rings (SSSR count). The minimum Gasteiger partial charge on any atom is -0.358 e. The largest absolute Gasteiger partial charge is 0.358 e. The van der Waals surface area contributed by atoms with E-state index < -0.39 is 0 Å². The zero-order valence-electron chi connectivity index (χ0n) is 14.4. The van der Waals surface area contributed by atoms with E-state index in [4.69, 9.17) is 11.6 Å². The van der Waals surface area contributed by atoms with Crippen LogP contribution in [0.15, 0.2) is 54.6 Å². The van der Waals surface area contributed by atoms with Gasteiger partial charge in [-0.05, 0) is 29.7 Å². The van der Waals surface area contributed by atoms with Crippen LogP contribution in [0.2, 0.25) is 5.02 Å². The van der Waals surface area contributed by atoms with Crippen LogP contribution < -0.4 is 10.6 Å². The van der Waals surface area contributed by atoms with E-state index in [0.717, 1.165) is 36.6 Å². The topological polar surface area (TPSA) is 44.4 Å². The van der Waals surface area contributed by atoms with Crippen LogP contribution in [-0.2, 0) is 17.9 Å². The van der Waals surface area contributed by atoms with Gasteiger partial charge in [0.2, 0.25) is 5.91 Å². The number of hydrogen-bond donors (Lipinski definition) is 2. The smallest absolute Gasteiger partial charge is 0.237 e. The molecule has 1 heterocycles. The molecule has 132 valence electrons. The fraction of sp³-hybridized carbons (Fsp3) is 0.350. The maximum atomic E-state index is 12.3. The first-order chi connectivity index (χ1) is 12.2. The molecule has 2 aromatic rings. The van der Waals surface area contributed by atoms with Crippen LogP contribution in [0, 0.1) is 0 Å². The Hall–Kier alpha value is -1.88. The van der Waals surface area contributed by atoms with Gasteiger partial charge in [-0.3, -0.25) is 9.69 Å². The predicted octanol–water partition coefficient (Wildman–Crippen LogP) is 2.82. The first-order valence-electron chi connectivity index (χ1n) is 8.63. The third-order valence-corrected chi connectivity index (χ3v) is 4.90. The van der Waals surface area contributed by atoms with Gasteiger partial charge in [0.1, 0.15) is 0 Å². The lowest BCUT2D eigenvalue weighted by molar-refractivity contribution is -0.125. The lowest BCUT2D eigenvalue weighted by Gasteiger charge is -2.23. The predicted molar refractivity (Wildman–Crippen MR) is 101 cm³/mol. The summed E-state index contributed by atoms with van der Waals surface area (Å²) in [5, 5.41) is 7.11. The Kier molecular flexibility index (Phi) is 6.08. The summed E-state index contributed by atoms with van der Waals surface area (Å²) < 4.78 is 0. The first-order valence-corrected chi connectivity index (χ1v) is 9.01. The van der Waals surface area contributed by atoms with Crippen molar-refractivity contribution >= 4 is 17.5 Å². The Balaban J connectivity index is 1.64. The molecule has 1 aliphatic rings. The fourth-order valence-corrected chi connectivity index (χ4v) is 3.61. The SMILES string of the molecule is CNC(=O)[C@@H]1C[C@H](NCc2ccccc2)CN1Cc1cccc(Cl)c1. The minimum absolute atomic E-state index is 0.0750. The van der Waals surface area contributed by atoms with Crippen molar-refractivity contribution in [1.29, 1.82) is 0 Å². The molecule has 2 aromatic carbocycles. The molecular weight excluding hydrogens is 334 g/mol. The van der Waals surface area contributed by atoms with Crippen LogP contribution in [0.3, 0.4) is 0 Å². The van der Waals surface area contributed by atoms with Crippen LogP contribution in [0.1, 0.15) is 17.5 Å². The Morgan fingerprint density at radius 2 is 1.92 bits per heavy atom. The number of nitrogens with zero attached hydrogens (tertiary/aromatic N) is 1. The molecule has 25 heavy (non-hydrogen) atoms. The van der Waals surface area contributed by atoms with Gasteiger partial charge in [-0.15, -0.1) is 0 Å². The number of hydrogen-bond acceptors (Lipinski definition) is 3. The van der Waals surface area contributed by atoms with E-state index in [1.165, 1.54) is 5.56 Å². The van der Waals surface area contributed by atoms with Gasteiger partial charge in [-0.1, -0.05) is 54.1 Å². The average molecular weight is 358 g/mol. The van der Waals surface area contributed by atoms with E-state index in [9.17, 15) is 4.79 Å². The number of carbonyl (C=O) groups excluding carboxylic acids is 1. The lowest BCUT2D eigenvalue weighted by Crippen LogP contribution is -2.41. The zero-order valence-corrected chi connectivity index (χ0v) is 15.2. The van der Waals surface area contributed by atoms with E-state index in [-0.39, 0.29) is 11.9 Å². The first kappa shape index (κ1) is 17.9. The summed E-state index contributed by atoms with van der Waals surface area (Å²) in [4.78, 5) is 14.5. The van der Waals surface area contributed by atoms with Crippen molar-refractivity contribution in [3.63, 3.8) is 0 Å². The van der Waals surface area contributed by atoms with Gasteiger partial charge >= 0.3 is 0 Å². The summed E-state index contributed by atoms with van der Waals surface area (Å²) in [6, 6.07) is 18.4. The third kappa shape index (κ3) is 4.82. The summed E-state index contributed by atoms with van der Waals surface area (Å²) >= 11 is 6.09. The second-order valence-electron chi connectivity index (χ2n) is 6.49. The summed E-state index contributed by atoms with van der Waals surface area (Å²) in [5.41, 5.74) is 2.39. The van der Waals surface area contributed by atoms with Crippen molar-refractivity contribution in [2.75, 3.05) is 13.6 Å². The molecule has 0 saturated carbocycles. The van der Waals surface area contributed by atoms with Crippen molar-refractivity contribution in [2.45, 2.75) is 31.6 Å². The van der Waals surface area contributed by atoms with Gasteiger partial charge in [0.05, 0.1) is 6.04 Å². The number of carbonyl (C=O) groups is 1. The summed E-state index contributed by atoms with van der Waals surface area (Å²) in [7, 11) is 1.70. The summed E-state index contributed by atoms with van der Waals surface area (Å²) in [6.45, 7) is 2.39. The van der Waals surface area contributed by atoms with E-state index in [1.807, 2.05) is 36.4 Å². The molecule has 1 fully saturated rings. The minimum atomic E-state index is -0.114. The Labute approximate surface area is 154 Å². The molecule has 5 heteroatoms. The fourth-order valence-electron chi connectivity index (χ4n) is 3.39. The molecule has 0 spiro atoms. The van der Waals surface area contributed by atoms with Crippen molar-refractivity contribution in [3.05, 3.63) is 70.7 Å². The van der Waals surface area contributed by atoms with E-state index >= 15 is 0 Å². The third-order valence-electron chi connectivity index (χ3n) is 4.66. The standard InChI is InChI=1S/C20H24ClN3O/c1-22-20(25)19-11-18(23-12-15-6-3-2-4-7-15)14-24(19)13-16-8-5-9-17(21)10-16/h2-10,18-19,23H,11-14H2,1H3,(H,22,25)/t18-,19-/m0/s1. The second-order valence-corrected chi connectivity index (χ2v) is 6.92. The number of halogens is 1. The summed E-state index contributed by atoms with van der Waals surface area (Å²) in [6.07, 6.45) is 0.813. The van der Waals surface area contributed by atoms with Crippen LogP contribution in [-0.4, -0.2) is 36.5 Å². The molecule has 2 atom stereocenters. The van der Waals surface area contributed by atoms with E-state index in [0.29, 0.717) is 6.04 Å². The van der Waals surface area contributed by atoms with Gasteiger partial charge in [-0.25, -0.2) is 0 Å². The molecule has 0 radical (unpaired) electrons. The zero-order chi connectivity index (χ0) is 17.6.